The first-order valence-electron chi connectivity index (χ1n) is 6.06. The maximum Gasteiger partial charge on any atom is 0.254 e. The second kappa shape index (κ2) is 4.29. The molecule has 2 aromatic rings. The van der Waals surface area contributed by atoms with Gasteiger partial charge in [-0.25, -0.2) is 4.98 Å². The molecular weight excluding hydrogens is 228 g/mol. The molecule has 1 aliphatic heterocycles. The van der Waals surface area contributed by atoms with E-state index in [4.69, 9.17) is 4.74 Å². The fourth-order valence-corrected chi connectivity index (χ4v) is 2.32. The number of para-hydroxylation sites is 1. The lowest BCUT2D eigenvalue weighted by Gasteiger charge is -2.20. The highest BCUT2D eigenvalue weighted by molar-refractivity contribution is 5.71. The van der Waals surface area contributed by atoms with Gasteiger partial charge in [-0.1, -0.05) is 12.1 Å². The molecule has 4 nitrogen and oxygen atoms in total. The molecule has 0 saturated carbocycles. The monoisotopic (exact) mass is 242 g/mol. The summed E-state index contributed by atoms with van der Waals surface area (Å²) in [4.78, 5) is 18.5. The molecule has 0 saturated heterocycles. The number of nitrogens with zero attached hydrogens (tertiary/aromatic N) is 1. The molecule has 1 aromatic carbocycles. The zero-order valence-corrected chi connectivity index (χ0v) is 10.2. The van der Waals surface area contributed by atoms with E-state index in [-0.39, 0.29) is 5.56 Å². The van der Waals surface area contributed by atoms with E-state index in [0.717, 1.165) is 30.8 Å². The predicted molar refractivity (Wildman–Crippen MR) is 68.8 cm³/mol. The Morgan fingerprint density at radius 3 is 3.17 bits per heavy atom. The summed E-state index contributed by atoms with van der Waals surface area (Å²) >= 11 is 0. The van der Waals surface area contributed by atoms with E-state index in [0.29, 0.717) is 11.3 Å². The van der Waals surface area contributed by atoms with E-state index in [1.165, 1.54) is 11.9 Å². The molecule has 1 N–H and O–H groups in total. The number of hydrogen-bond acceptors (Lipinski definition) is 3. The number of aromatic nitrogens is 2. The van der Waals surface area contributed by atoms with Gasteiger partial charge in [0.1, 0.15) is 5.75 Å². The summed E-state index contributed by atoms with van der Waals surface area (Å²) in [7, 11) is 0. The summed E-state index contributed by atoms with van der Waals surface area (Å²) in [6, 6.07) is 6.02. The average Bonchev–Trinajstić information content (AvgIpc) is 2.41. The van der Waals surface area contributed by atoms with Crippen molar-refractivity contribution in [2.45, 2.75) is 19.8 Å². The van der Waals surface area contributed by atoms with Gasteiger partial charge in [0, 0.05) is 11.1 Å². The van der Waals surface area contributed by atoms with Crippen LogP contribution in [0.2, 0.25) is 0 Å². The zero-order chi connectivity index (χ0) is 12.5. The van der Waals surface area contributed by atoms with Gasteiger partial charge in [0.25, 0.3) is 5.56 Å². The molecular formula is C14H14N2O2. The summed E-state index contributed by atoms with van der Waals surface area (Å²) in [5.41, 5.74) is 3.34. The van der Waals surface area contributed by atoms with Crippen LogP contribution in [0.5, 0.6) is 5.75 Å². The van der Waals surface area contributed by atoms with Crippen LogP contribution in [0.1, 0.15) is 17.5 Å². The maximum atomic E-state index is 11.6. The number of fused-ring (bicyclic) bond motifs is 1. The summed E-state index contributed by atoms with van der Waals surface area (Å²) in [5, 5.41) is 0. The van der Waals surface area contributed by atoms with Crippen LogP contribution in [0.15, 0.2) is 29.3 Å². The highest BCUT2D eigenvalue weighted by Crippen LogP contribution is 2.35. The minimum Gasteiger partial charge on any atom is -0.493 e. The lowest BCUT2D eigenvalue weighted by Crippen LogP contribution is -2.13. The number of rotatable bonds is 1. The van der Waals surface area contributed by atoms with Crippen molar-refractivity contribution in [3.8, 4) is 17.0 Å². The summed E-state index contributed by atoms with van der Waals surface area (Å²) in [6.45, 7) is 2.51. The van der Waals surface area contributed by atoms with Crippen LogP contribution in [-0.2, 0) is 6.42 Å². The van der Waals surface area contributed by atoms with Gasteiger partial charge in [0.05, 0.1) is 18.6 Å². The second-order valence-corrected chi connectivity index (χ2v) is 4.45. The van der Waals surface area contributed by atoms with Gasteiger partial charge >= 0.3 is 0 Å². The van der Waals surface area contributed by atoms with Crippen LogP contribution in [0.4, 0.5) is 0 Å². The van der Waals surface area contributed by atoms with E-state index in [1.807, 2.05) is 12.1 Å². The minimum atomic E-state index is -0.103. The average molecular weight is 242 g/mol. The first kappa shape index (κ1) is 11.0. The van der Waals surface area contributed by atoms with Crippen molar-refractivity contribution in [1.82, 2.24) is 9.97 Å². The molecule has 0 atom stereocenters. The molecule has 0 amide bonds. The van der Waals surface area contributed by atoms with Gasteiger partial charge in [-0.3, -0.25) is 4.79 Å². The van der Waals surface area contributed by atoms with Gasteiger partial charge in [-0.05, 0) is 31.4 Å². The molecule has 0 bridgehead atoms. The minimum absolute atomic E-state index is 0.103. The van der Waals surface area contributed by atoms with Crippen LogP contribution < -0.4 is 10.3 Å². The summed E-state index contributed by atoms with van der Waals surface area (Å²) in [6.07, 6.45) is 3.50. The van der Waals surface area contributed by atoms with Gasteiger partial charge in [0.15, 0.2) is 0 Å². The fourth-order valence-electron chi connectivity index (χ4n) is 2.32. The van der Waals surface area contributed by atoms with Crippen molar-refractivity contribution in [3.63, 3.8) is 0 Å². The number of H-pyrrole nitrogens is 1. The third kappa shape index (κ3) is 1.70. The van der Waals surface area contributed by atoms with Gasteiger partial charge in [-0.2, -0.15) is 0 Å². The Bertz CT molecular complexity index is 646. The van der Waals surface area contributed by atoms with E-state index in [2.05, 4.69) is 16.0 Å². The van der Waals surface area contributed by atoms with Crippen LogP contribution >= 0.6 is 0 Å². The topological polar surface area (TPSA) is 55.0 Å². The Labute approximate surface area is 105 Å². The Kier molecular flexibility index (Phi) is 2.63. The lowest BCUT2D eigenvalue weighted by molar-refractivity contribution is 0.289. The van der Waals surface area contributed by atoms with Gasteiger partial charge in [-0.15, -0.1) is 0 Å². The molecule has 18 heavy (non-hydrogen) atoms. The highest BCUT2D eigenvalue weighted by atomic mass is 16.5. The molecule has 0 fully saturated rings. The van der Waals surface area contributed by atoms with Crippen LogP contribution in [0, 0.1) is 6.92 Å². The van der Waals surface area contributed by atoms with Crippen molar-refractivity contribution < 1.29 is 4.74 Å². The summed E-state index contributed by atoms with van der Waals surface area (Å²) in [5.74, 6) is 0.880. The Morgan fingerprint density at radius 2 is 2.28 bits per heavy atom. The number of aryl methyl sites for hydroxylation is 1. The largest absolute Gasteiger partial charge is 0.493 e. The Balaban J connectivity index is 2.23. The molecule has 1 aromatic heterocycles. The molecule has 0 aliphatic carbocycles. The number of aromatic amines is 1. The third-order valence-corrected chi connectivity index (χ3v) is 3.27. The second-order valence-electron chi connectivity index (χ2n) is 4.45. The molecule has 0 radical (unpaired) electrons. The van der Waals surface area contributed by atoms with Crippen LogP contribution in [0.3, 0.4) is 0 Å². The van der Waals surface area contributed by atoms with Crippen molar-refractivity contribution >= 4 is 0 Å². The fraction of sp³-hybridized carbons (Fsp3) is 0.286. The lowest BCUT2D eigenvalue weighted by atomic mass is 9.99. The first-order chi connectivity index (χ1) is 8.77. The van der Waals surface area contributed by atoms with E-state index < -0.39 is 0 Å². The first-order valence-corrected chi connectivity index (χ1v) is 6.06. The summed E-state index contributed by atoms with van der Waals surface area (Å²) < 4.78 is 5.75. The molecule has 0 spiro atoms. The third-order valence-electron chi connectivity index (χ3n) is 3.27. The zero-order valence-electron chi connectivity index (χ0n) is 10.2. The van der Waals surface area contributed by atoms with Crippen molar-refractivity contribution in [1.29, 1.82) is 0 Å². The van der Waals surface area contributed by atoms with E-state index >= 15 is 0 Å². The van der Waals surface area contributed by atoms with Gasteiger partial charge < -0.3 is 9.72 Å². The number of nitrogens with one attached hydrogen (secondary N) is 1. The smallest absolute Gasteiger partial charge is 0.254 e. The van der Waals surface area contributed by atoms with Crippen molar-refractivity contribution in [3.05, 3.63) is 46.0 Å². The number of benzene rings is 1. The maximum absolute atomic E-state index is 11.6. The normalized spacial score (nSPS) is 13.8. The van der Waals surface area contributed by atoms with Crippen molar-refractivity contribution in [2.75, 3.05) is 6.61 Å². The Hall–Kier alpha value is -2.10. The standard InChI is InChI=1S/C14H14N2O2/c1-9-12(15-8-16-14(9)17)11-6-2-4-10-5-3-7-18-13(10)11/h2,4,6,8H,3,5,7H2,1H3,(H,15,16,17). The quantitative estimate of drug-likeness (QED) is 0.832. The molecule has 4 heteroatoms. The highest BCUT2D eigenvalue weighted by Gasteiger charge is 2.18. The number of ether oxygens (including phenoxy) is 1. The van der Waals surface area contributed by atoms with Crippen LogP contribution in [0.25, 0.3) is 11.3 Å². The van der Waals surface area contributed by atoms with Crippen molar-refractivity contribution in [2.24, 2.45) is 0 Å². The molecule has 2 heterocycles. The molecule has 3 rings (SSSR count). The van der Waals surface area contributed by atoms with Gasteiger partial charge in [0.2, 0.25) is 0 Å². The van der Waals surface area contributed by atoms with E-state index in [1.54, 1.807) is 6.92 Å². The Morgan fingerprint density at radius 1 is 1.39 bits per heavy atom. The molecule has 0 unspecified atom stereocenters. The number of hydrogen-bond donors (Lipinski definition) is 1. The van der Waals surface area contributed by atoms with Crippen LogP contribution in [-0.4, -0.2) is 16.6 Å². The van der Waals surface area contributed by atoms with E-state index in [9.17, 15) is 4.79 Å². The molecule has 1 aliphatic rings. The SMILES string of the molecule is Cc1c(-c2cccc3c2OCCC3)nc[nH]c1=O. The predicted octanol–water partition coefficient (Wildman–Crippen LogP) is 2.07. The molecule has 92 valence electrons.